The van der Waals surface area contributed by atoms with Crippen molar-refractivity contribution in [3.8, 4) is 11.5 Å². The molecule has 0 radical (unpaired) electrons. The van der Waals surface area contributed by atoms with E-state index in [4.69, 9.17) is 21.7 Å². The summed E-state index contributed by atoms with van der Waals surface area (Å²) >= 11 is 5.30. The van der Waals surface area contributed by atoms with E-state index in [2.05, 4.69) is 24.5 Å². The molecule has 0 aliphatic carbocycles. The van der Waals surface area contributed by atoms with Gasteiger partial charge in [-0.05, 0) is 43.8 Å². The molecule has 0 spiro atoms. The van der Waals surface area contributed by atoms with Gasteiger partial charge < -0.3 is 25.0 Å². The Balaban J connectivity index is 1.63. The molecule has 122 valence electrons. The van der Waals surface area contributed by atoms with Crippen molar-refractivity contribution >= 4 is 17.3 Å². The normalized spacial score (nSPS) is 12.5. The molecule has 2 rings (SSSR count). The van der Waals surface area contributed by atoms with Gasteiger partial charge in [-0.25, -0.2) is 0 Å². The Hall–Kier alpha value is -1.53. The molecule has 1 aromatic rings. The number of nitrogens with one attached hydrogen (secondary N) is 3. The van der Waals surface area contributed by atoms with Gasteiger partial charge in [0.05, 0.1) is 19.6 Å². The van der Waals surface area contributed by atoms with Crippen LogP contribution in [0.4, 0.5) is 0 Å². The van der Waals surface area contributed by atoms with Crippen molar-refractivity contribution in [1.29, 1.82) is 0 Å². The molecular weight excluding hydrogens is 298 g/mol. The van der Waals surface area contributed by atoms with Crippen LogP contribution in [0.1, 0.15) is 25.8 Å². The van der Waals surface area contributed by atoms with Crippen molar-refractivity contribution in [2.45, 2.75) is 26.8 Å². The van der Waals surface area contributed by atoms with Gasteiger partial charge in [0.2, 0.25) is 6.79 Å². The molecule has 0 aromatic heterocycles. The third kappa shape index (κ3) is 5.03. The number of benzene rings is 1. The average molecular weight is 324 g/mol. The van der Waals surface area contributed by atoms with Gasteiger partial charge in [-0.1, -0.05) is 6.07 Å². The first-order valence-corrected chi connectivity index (χ1v) is 8.37. The fourth-order valence-electron chi connectivity index (χ4n) is 2.44. The van der Waals surface area contributed by atoms with Crippen LogP contribution in [0.25, 0.3) is 0 Å². The second-order valence-electron chi connectivity index (χ2n) is 5.36. The number of hydrogen-bond acceptors (Lipinski definition) is 3. The second-order valence-corrected chi connectivity index (χ2v) is 5.77. The molecule has 0 saturated carbocycles. The van der Waals surface area contributed by atoms with Crippen LogP contribution in [0.5, 0.6) is 11.5 Å². The highest BCUT2D eigenvalue weighted by atomic mass is 32.1. The van der Waals surface area contributed by atoms with Gasteiger partial charge in [0.25, 0.3) is 0 Å². The molecule has 3 N–H and O–H groups in total. The standard InChI is InChI=1S/C16H25N3O2S/c1-3-19(4-2)9-5-8-17-16(22)18-11-13-6-7-14-15(10-13)21-12-20-14/h6-7,10H,3-5,8-9,11-12H2,1-2H3,(H2,17,18,22)/p+1. The lowest BCUT2D eigenvalue weighted by Crippen LogP contribution is -3.11. The zero-order valence-electron chi connectivity index (χ0n) is 13.4. The minimum Gasteiger partial charge on any atom is -0.454 e. The summed E-state index contributed by atoms with van der Waals surface area (Å²) in [6, 6.07) is 5.94. The van der Waals surface area contributed by atoms with E-state index in [1.807, 2.05) is 18.2 Å². The molecule has 0 amide bonds. The summed E-state index contributed by atoms with van der Waals surface area (Å²) in [4.78, 5) is 1.63. The Morgan fingerprint density at radius 2 is 1.95 bits per heavy atom. The van der Waals surface area contributed by atoms with Crippen molar-refractivity contribution in [3.05, 3.63) is 23.8 Å². The highest BCUT2D eigenvalue weighted by Crippen LogP contribution is 2.32. The molecule has 0 fully saturated rings. The zero-order valence-corrected chi connectivity index (χ0v) is 14.2. The molecular formula is C16H26N3O2S+. The molecule has 0 unspecified atom stereocenters. The lowest BCUT2D eigenvalue weighted by atomic mass is 10.2. The molecule has 0 saturated heterocycles. The smallest absolute Gasteiger partial charge is 0.231 e. The summed E-state index contributed by atoms with van der Waals surface area (Å²) < 4.78 is 10.7. The Labute approximate surface area is 138 Å². The first kappa shape index (κ1) is 16.8. The number of thiocarbonyl (C=S) groups is 1. The third-order valence-corrected chi connectivity index (χ3v) is 4.17. The first-order valence-electron chi connectivity index (χ1n) is 7.96. The van der Waals surface area contributed by atoms with Gasteiger partial charge in [-0.2, -0.15) is 0 Å². The maximum atomic E-state index is 5.37. The summed E-state index contributed by atoms with van der Waals surface area (Å²) in [5.74, 6) is 1.61. The van der Waals surface area contributed by atoms with Crippen molar-refractivity contribution < 1.29 is 14.4 Å². The second kappa shape index (κ2) is 8.80. The fraction of sp³-hybridized carbons (Fsp3) is 0.562. The maximum Gasteiger partial charge on any atom is 0.231 e. The third-order valence-electron chi connectivity index (χ3n) is 3.88. The molecule has 22 heavy (non-hydrogen) atoms. The molecule has 5 nitrogen and oxygen atoms in total. The Morgan fingerprint density at radius 1 is 1.18 bits per heavy atom. The van der Waals surface area contributed by atoms with E-state index < -0.39 is 0 Å². The largest absolute Gasteiger partial charge is 0.454 e. The van der Waals surface area contributed by atoms with Gasteiger partial charge in [0.15, 0.2) is 16.6 Å². The maximum absolute atomic E-state index is 5.37. The van der Waals surface area contributed by atoms with Crippen molar-refractivity contribution in [2.75, 3.05) is 33.0 Å². The van der Waals surface area contributed by atoms with E-state index in [1.54, 1.807) is 4.90 Å². The van der Waals surface area contributed by atoms with E-state index in [9.17, 15) is 0 Å². The minimum absolute atomic E-state index is 0.306. The predicted octanol–water partition coefficient (Wildman–Crippen LogP) is 0.694. The molecule has 1 aromatic carbocycles. The number of fused-ring (bicyclic) bond motifs is 1. The molecule has 1 aliphatic heterocycles. The monoisotopic (exact) mass is 324 g/mol. The quantitative estimate of drug-likeness (QED) is 0.485. The molecule has 1 aliphatic rings. The van der Waals surface area contributed by atoms with Crippen LogP contribution in [-0.2, 0) is 6.54 Å². The SMILES string of the molecule is CC[NH+](CC)CCCNC(=S)NCc1ccc2c(c1)OCO2. The number of hydrogen-bond donors (Lipinski definition) is 3. The number of quaternary nitrogens is 1. The van der Waals surface area contributed by atoms with Crippen LogP contribution in [0.15, 0.2) is 18.2 Å². The van der Waals surface area contributed by atoms with E-state index in [0.29, 0.717) is 18.5 Å². The van der Waals surface area contributed by atoms with Crippen LogP contribution in [0.3, 0.4) is 0 Å². The van der Waals surface area contributed by atoms with E-state index in [1.165, 1.54) is 19.6 Å². The van der Waals surface area contributed by atoms with Crippen molar-refractivity contribution in [3.63, 3.8) is 0 Å². The topological polar surface area (TPSA) is 47.0 Å². The van der Waals surface area contributed by atoms with Crippen LogP contribution >= 0.6 is 12.2 Å². The molecule has 1 heterocycles. The molecule has 0 atom stereocenters. The van der Waals surface area contributed by atoms with Gasteiger partial charge in [-0.3, -0.25) is 0 Å². The van der Waals surface area contributed by atoms with Crippen LogP contribution in [0, 0.1) is 0 Å². The lowest BCUT2D eigenvalue weighted by molar-refractivity contribution is -0.896. The Kier molecular flexibility index (Phi) is 6.74. The summed E-state index contributed by atoms with van der Waals surface area (Å²) in [5, 5.41) is 7.18. The minimum atomic E-state index is 0.306. The van der Waals surface area contributed by atoms with Crippen molar-refractivity contribution in [1.82, 2.24) is 10.6 Å². The highest BCUT2D eigenvalue weighted by Gasteiger charge is 2.13. The van der Waals surface area contributed by atoms with Gasteiger partial charge in [0.1, 0.15) is 0 Å². The summed E-state index contributed by atoms with van der Waals surface area (Å²) in [7, 11) is 0. The summed E-state index contributed by atoms with van der Waals surface area (Å²) in [6.45, 7) is 9.91. The first-order chi connectivity index (χ1) is 10.7. The molecule has 0 bridgehead atoms. The van der Waals surface area contributed by atoms with Gasteiger partial charge in [-0.15, -0.1) is 0 Å². The number of ether oxygens (including phenoxy) is 2. The van der Waals surface area contributed by atoms with Crippen LogP contribution < -0.4 is 25.0 Å². The highest BCUT2D eigenvalue weighted by molar-refractivity contribution is 7.80. The van der Waals surface area contributed by atoms with Gasteiger partial charge >= 0.3 is 0 Å². The van der Waals surface area contributed by atoms with Crippen LogP contribution in [-0.4, -0.2) is 38.1 Å². The van der Waals surface area contributed by atoms with E-state index in [0.717, 1.165) is 30.0 Å². The summed E-state index contributed by atoms with van der Waals surface area (Å²) in [6.07, 6.45) is 1.13. The molecule has 6 heteroatoms. The lowest BCUT2D eigenvalue weighted by Gasteiger charge is -2.16. The average Bonchev–Trinajstić information content (AvgIpc) is 3.00. The summed E-state index contributed by atoms with van der Waals surface area (Å²) in [5.41, 5.74) is 1.13. The Bertz CT molecular complexity index is 492. The Morgan fingerprint density at radius 3 is 2.73 bits per heavy atom. The van der Waals surface area contributed by atoms with Crippen molar-refractivity contribution in [2.24, 2.45) is 0 Å². The number of rotatable bonds is 8. The fourth-order valence-corrected chi connectivity index (χ4v) is 2.61. The zero-order chi connectivity index (χ0) is 15.8. The predicted molar refractivity (Wildman–Crippen MR) is 91.5 cm³/mol. The van der Waals surface area contributed by atoms with E-state index >= 15 is 0 Å². The van der Waals surface area contributed by atoms with Crippen LogP contribution in [0.2, 0.25) is 0 Å². The van der Waals surface area contributed by atoms with E-state index in [-0.39, 0.29) is 0 Å². The van der Waals surface area contributed by atoms with Gasteiger partial charge in [0, 0.05) is 19.5 Å².